The molecule has 0 radical (unpaired) electrons. The largest absolute Gasteiger partial charge is 0.368 e. The second-order valence-corrected chi connectivity index (χ2v) is 9.29. The molecular formula is C21H25N3O2S. The number of nitrogens with zero attached hydrogens (tertiary/aromatic N) is 2. The number of aromatic nitrogens is 1. The second kappa shape index (κ2) is 6.75. The molecule has 2 N–H and O–H groups in total. The van der Waals surface area contributed by atoms with Gasteiger partial charge in [0.05, 0.1) is 9.88 Å². The number of benzene rings is 1. The number of hydrogen-bond acceptors (Lipinski definition) is 4. The molecule has 2 aliphatic rings. The summed E-state index contributed by atoms with van der Waals surface area (Å²) in [6.45, 7) is 6.75. The summed E-state index contributed by atoms with van der Waals surface area (Å²) < 4.78 is 0. The number of likely N-dealkylation sites (tertiary alicyclic amines) is 1. The van der Waals surface area contributed by atoms with Crippen molar-refractivity contribution in [1.29, 1.82) is 0 Å². The highest BCUT2D eigenvalue weighted by atomic mass is 32.1. The molecule has 2 amide bonds. The van der Waals surface area contributed by atoms with Crippen LogP contribution in [0.2, 0.25) is 0 Å². The number of fused-ring (bicyclic) bond motifs is 1. The Labute approximate surface area is 163 Å². The third-order valence-electron chi connectivity index (χ3n) is 5.93. The fraction of sp³-hybridized carbons (Fsp3) is 0.476. The first-order valence-corrected chi connectivity index (χ1v) is 10.3. The molecule has 4 atom stereocenters. The average Bonchev–Trinajstić information content (AvgIpc) is 3.25. The maximum absolute atomic E-state index is 13.4. The Morgan fingerprint density at radius 1 is 1.26 bits per heavy atom. The maximum atomic E-state index is 13.4. The monoisotopic (exact) mass is 383 g/mol. The average molecular weight is 384 g/mol. The van der Waals surface area contributed by atoms with Gasteiger partial charge in [0.2, 0.25) is 5.91 Å². The van der Waals surface area contributed by atoms with Crippen molar-refractivity contribution < 1.29 is 9.59 Å². The molecule has 1 aromatic heterocycles. The molecule has 0 bridgehead atoms. The Morgan fingerprint density at radius 3 is 2.74 bits per heavy atom. The molecule has 1 aliphatic carbocycles. The van der Waals surface area contributed by atoms with E-state index >= 15 is 0 Å². The number of rotatable bonds is 3. The molecule has 142 valence electrons. The van der Waals surface area contributed by atoms with Gasteiger partial charge in [-0.05, 0) is 50.0 Å². The van der Waals surface area contributed by atoms with Gasteiger partial charge in [0.1, 0.15) is 11.7 Å². The molecule has 1 aliphatic heterocycles. The lowest BCUT2D eigenvalue weighted by molar-refractivity contribution is -0.122. The summed E-state index contributed by atoms with van der Waals surface area (Å²) in [7, 11) is 0. The minimum atomic E-state index is -0.514. The van der Waals surface area contributed by atoms with E-state index in [0.29, 0.717) is 24.1 Å². The van der Waals surface area contributed by atoms with Gasteiger partial charge in [0, 0.05) is 6.54 Å². The molecule has 1 saturated heterocycles. The maximum Gasteiger partial charge on any atom is 0.274 e. The van der Waals surface area contributed by atoms with Gasteiger partial charge in [-0.2, -0.15) is 0 Å². The van der Waals surface area contributed by atoms with Gasteiger partial charge in [-0.1, -0.05) is 36.8 Å². The Balaban J connectivity index is 1.70. The lowest BCUT2D eigenvalue weighted by Gasteiger charge is -2.25. The first-order valence-electron chi connectivity index (χ1n) is 9.50. The van der Waals surface area contributed by atoms with Crippen LogP contribution in [0.3, 0.4) is 0 Å². The van der Waals surface area contributed by atoms with Gasteiger partial charge in [-0.15, -0.1) is 11.3 Å². The van der Waals surface area contributed by atoms with Crippen molar-refractivity contribution in [3.63, 3.8) is 0 Å². The van der Waals surface area contributed by atoms with Crippen LogP contribution in [0.4, 0.5) is 0 Å². The van der Waals surface area contributed by atoms with E-state index in [1.54, 1.807) is 4.90 Å². The van der Waals surface area contributed by atoms with Crippen LogP contribution in [0.25, 0.3) is 10.4 Å². The van der Waals surface area contributed by atoms with Crippen molar-refractivity contribution in [1.82, 2.24) is 9.88 Å². The molecule has 2 aromatic rings. The lowest BCUT2D eigenvalue weighted by atomic mass is 9.93. The van der Waals surface area contributed by atoms with Crippen LogP contribution in [0, 0.1) is 31.6 Å². The molecule has 0 spiro atoms. The molecule has 1 aromatic carbocycles. The van der Waals surface area contributed by atoms with Gasteiger partial charge < -0.3 is 10.6 Å². The third kappa shape index (κ3) is 3.16. The summed E-state index contributed by atoms with van der Waals surface area (Å²) in [5, 5.41) is 0.846. The summed E-state index contributed by atoms with van der Waals surface area (Å²) in [6.07, 6.45) is 2.02. The Hall–Kier alpha value is -2.21. The number of nitrogens with two attached hydrogens (primary N) is 1. The van der Waals surface area contributed by atoms with E-state index < -0.39 is 11.9 Å². The summed E-state index contributed by atoms with van der Waals surface area (Å²) in [5.74, 6) is 0.575. The first-order chi connectivity index (χ1) is 12.8. The molecular weight excluding hydrogens is 358 g/mol. The quantitative estimate of drug-likeness (QED) is 0.882. The second-order valence-electron chi connectivity index (χ2n) is 8.09. The van der Waals surface area contributed by atoms with Crippen molar-refractivity contribution in [2.45, 2.75) is 39.7 Å². The van der Waals surface area contributed by atoms with Gasteiger partial charge in [0.25, 0.3) is 5.91 Å². The lowest BCUT2D eigenvalue weighted by Crippen LogP contribution is -2.46. The summed E-state index contributed by atoms with van der Waals surface area (Å²) in [6, 6.07) is 7.57. The number of aryl methyl sites for hydroxylation is 2. The van der Waals surface area contributed by atoms with Crippen molar-refractivity contribution in [3.05, 3.63) is 40.5 Å². The predicted molar refractivity (Wildman–Crippen MR) is 106 cm³/mol. The Kier molecular flexibility index (Phi) is 4.54. The molecule has 27 heavy (non-hydrogen) atoms. The number of amides is 2. The van der Waals surface area contributed by atoms with Crippen LogP contribution >= 0.6 is 11.3 Å². The van der Waals surface area contributed by atoms with E-state index in [9.17, 15) is 9.59 Å². The van der Waals surface area contributed by atoms with Crippen LogP contribution in [0.5, 0.6) is 0 Å². The van der Waals surface area contributed by atoms with Crippen LogP contribution in [-0.4, -0.2) is 34.3 Å². The van der Waals surface area contributed by atoms with Crippen molar-refractivity contribution in [3.8, 4) is 10.4 Å². The Morgan fingerprint density at radius 2 is 2.04 bits per heavy atom. The number of hydrogen-bond donors (Lipinski definition) is 1. The Bertz CT molecular complexity index is 907. The van der Waals surface area contributed by atoms with E-state index in [0.717, 1.165) is 33.9 Å². The van der Waals surface area contributed by atoms with Crippen molar-refractivity contribution >= 4 is 23.2 Å². The summed E-state index contributed by atoms with van der Waals surface area (Å²) in [4.78, 5) is 32.7. The SMILES string of the molecule is Cc1cccc(-c2sc(C)nc2C(=O)N2CC3CC(C)CC3C2C(N)=O)c1. The number of carbonyl (C=O) groups is 2. The number of thiazole rings is 1. The normalized spacial score (nSPS) is 27.0. The van der Waals surface area contributed by atoms with Crippen LogP contribution < -0.4 is 5.73 Å². The van der Waals surface area contributed by atoms with E-state index in [1.165, 1.54) is 11.3 Å². The van der Waals surface area contributed by atoms with Crippen LogP contribution in [-0.2, 0) is 4.79 Å². The van der Waals surface area contributed by atoms with Crippen molar-refractivity contribution in [2.75, 3.05) is 6.54 Å². The minimum Gasteiger partial charge on any atom is -0.368 e. The van der Waals surface area contributed by atoms with Crippen LogP contribution in [0.15, 0.2) is 24.3 Å². The smallest absolute Gasteiger partial charge is 0.274 e. The van der Waals surface area contributed by atoms with E-state index in [4.69, 9.17) is 5.73 Å². The van der Waals surface area contributed by atoms with Gasteiger partial charge in [-0.25, -0.2) is 4.98 Å². The molecule has 6 heteroatoms. The highest BCUT2D eigenvalue weighted by molar-refractivity contribution is 7.15. The molecule has 4 rings (SSSR count). The topological polar surface area (TPSA) is 76.3 Å². The van der Waals surface area contributed by atoms with E-state index in [2.05, 4.69) is 18.0 Å². The van der Waals surface area contributed by atoms with Crippen LogP contribution in [0.1, 0.15) is 40.8 Å². The third-order valence-corrected chi connectivity index (χ3v) is 6.95. The molecule has 1 saturated carbocycles. The highest BCUT2D eigenvalue weighted by Gasteiger charge is 2.51. The zero-order chi connectivity index (χ0) is 19.3. The number of primary amides is 1. The van der Waals surface area contributed by atoms with E-state index in [-0.39, 0.29) is 11.8 Å². The zero-order valence-corrected chi connectivity index (χ0v) is 16.8. The van der Waals surface area contributed by atoms with E-state index in [1.807, 2.05) is 32.0 Å². The van der Waals surface area contributed by atoms with Gasteiger partial charge in [0.15, 0.2) is 0 Å². The molecule has 2 heterocycles. The summed E-state index contributed by atoms with van der Waals surface area (Å²) in [5.41, 5.74) is 8.30. The zero-order valence-electron chi connectivity index (χ0n) is 15.9. The molecule has 4 unspecified atom stereocenters. The fourth-order valence-corrected chi connectivity index (χ4v) is 5.81. The fourth-order valence-electron chi connectivity index (χ4n) is 4.90. The first kappa shape index (κ1) is 18.2. The minimum absolute atomic E-state index is 0.165. The molecule has 2 fully saturated rings. The van der Waals surface area contributed by atoms with Gasteiger partial charge in [-0.3, -0.25) is 9.59 Å². The summed E-state index contributed by atoms with van der Waals surface area (Å²) >= 11 is 1.52. The van der Waals surface area contributed by atoms with Crippen molar-refractivity contribution in [2.24, 2.45) is 23.5 Å². The standard InChI is InChI=1S/C21H25N3O2S/c1-11-5-4-6-14(7-11)19-17(23-13(3)27-19)21(26)24-10-15-8-12(2)9-16(15)18(24)20(22)25/h4-7,12,15-16,18H,8-10H2,1-3H3,(H2,22,25). The highest BCUT2D eigenvalue weighted by Crippen LogP contribution is 2.45. The molecule has 5 nitrogen and oxygen atoms in total. The predicted octanol–water partition coefficient (Wildman–Crippen LogP) is 3.40. The number of carbonyl (C=O) groups excluding carboxylic acids is 2. The van der Waals surface area contributed by atoms with Gasteiger partial charge >= 0.3 is 0 Å².